The van der Waals surface area contributed by atoms with E-state index in [4.69, 9.17) is 0 Å². The van der Waals surface area contributed by atoms with Crippen molar-refractivity contribution >= 4 is 57.1 Å². The summed E-state index contributed by atoms with van der Waals surface area (Å²) in [4.78, 5) is 34.5. The molecular formula is C24H19FN4O2S2. The first-order valence-corrected chi connectivity index (χ1v) is 11.7. The summed E-state index contributed by atoms with van der Waals surface area (Å²) in [7, 11) is 0. The first-order chi connectivity index (χ1) is 15.9. The average molecular weight is 479 g/mol. The number of benzene rings is 2. The van der Waals surface area contributed by atoms with Crippen LogP contribution < -0.4 is 10.2 Å². The molecule has 2 aromatic heterocycles. The summed E-state index contributed by atoms with van der Waals surface area (Å²) >= 11 is 2.77. The van der Waals surface area contributed by atoms with Gasteiger partial charge in [-0.2, -0.15) is 0 Å². The van der Waals surface area contributed by atoms with Crippen LogP contribution in [0.15, 0.2) is 65.4 Å². The molecule has 9 heteroatoms. The van der Waals surface area contributed by atoms with Crippen molar-refractivity contribution in [1.29, 1.82) is 0 Å². The monoisotopic (exact) mass is 478 g/mol. The molecule has 4 rings (SSSR count). The number of carbonyl (C=O) groups excluding carboxylic acids is 2. The van der Waals surface area contributed by atoms with Gasteiger partial charge in [-0.25, -0.2) is 14.4 Å². The largest absolute Gasteiger partial charge is 0.323 e. The van der Waals surface area contributed by atoms with Gasteiger partial charge in [0.1, 0.15) is 5.82 Å². The fraction of sp³-hybridized carbons (Fsp3) is 0.0833. The highest BCUT2D eigenvalue weighted by molar-refractivity contribution is 7.14. The van der Waals surface area contributed by atoms with Crippen molar-refractivity contribution in [3.8, 4) is 11.3 Å². The van der Waals surface area contributed by atoms with Crippen molar-refractivity contribution in [2.75, 3.05) is 10.2 Å². The van der Waals surface area contributed by atoms with Gasteiger partial charge < -0.3 is 5.32 Å². The summed E-state index contributed by atoms with van der Waals surface area (Å²) in [5.74, 6) is -1.20. The Morgan fingerprint density at radius 2 is 1.79 bits per heavy atom. The lowest BCUT2D eigenvalue weighted by molar-refractivity contribution is -0.116. The van der Waals surface area contributed by atoms with Crippen LogP contribution in [-0.2, 0) is 9.59 Å². The minimum absolute atomic E-state index is 0.129. The van der Waals surface area contributed by atoms with Crippen molar-refractivity contribution < 1.29 is 14.0 Å². The molecule has 2 aromatic carbocycles. The average Bonchev–Trinajstić information content (AvgIpc) is 3.43. The normalized spacial score (nSPS) is 11.0. The van der Waals surface area contributed by atoms with Crippen molar-refractivity contribution in [3.05, 3.63) is 81.9 Å². The van der Waals surface area contributed by atoms with Gasteiger partial charge in [0.2, 0.25) is 11.8 Å². The summed E-state index contributed by atoms with van der Waals surface area (Å²) in [5.41, 5.74) is 3.16. The van der Waals surface area contributed by atoms with E-state index in [-0.39, 0.29) is 17.5 Å². The van der Waals surface area contributed by atoms with Gasteiger partial charge in [-0.05, 0) is 37.3 Å². The quantitative estimate of drug-likeness (QED) is 0.342. The molecule has 1 N–H and O–H groups in total. The molecule has 0 radical (unpaired) electrons. The number of nitrogens with zero attached hydrogens (tertiary/aromatic N) is 3. The lowest BCUT2D eigenvalue weighted by atomic mass is 10.1. The molecule has 166 valence electrons. The van der Waals surface area contributed by atoms with Crippen LogP contribution >= 0.6 is 22.7 Å². The molecule has 33 heavy (non-hydrogen) atoms. The van der Waals surface area contributed by atoms with E-state index in [1.54, 1.807) is 34.9 Å². The molecule has 4 aromatic rings. The number of aromatic nitrogens is 2. The van der Waals surface area contributed by atoms with Crippen LogP contribution in [0.25, 0.3) is 17.3 Å². The fourth-order valence-corrected chi connectivity index (χ4v) is 4.53. The van der Waals surface area contributed by atoms with Crippen LogP contribution in [0.3, 0.4) is 0 Å². The summed E-state index contributed by atoms with van der Waals surface area (Å²) in [5, 5.41) is 7.80. The lowest BCUT2D eigenvalue weighted by Crippen LogP contribution is -2.23. The number of amides is 2. The van der Waals surface area contributed by atoms with Gasteiger partial charge in [0.15, 0.2) is 5.13 Å². The molecular weight excluding hydrogens is 459 g/mol. The minimum atomic E-state index is -0.518. The molecule has 2 amide bonds. The highest BCUT2D eigenvalue weighted by Crippen LogP contribution is 2.31. The Morgan fingerprint density at radius 1 is 1.03 bits per heavy atom. The van der Waals surface area contributed by atoms with Gasteiger partial charge in [0.05, 0.1) is 22.1 Å². The number of anilines is 3. The van der Waals surface area contributed by atoms with Gasteiger partial charge in [-0.3, -0.25) is 14.5 Å². The maximum absolute atomic E-state index is 14.2. The summed E-state index contributed by atoms with van der Waals surface area (Å²) in [6.07, 6.45) is 2.90. The first kappa shape index (κ1) is 22.5. The smallest absolute Gasteiger partial charge is 0.248 e. The van der Waals surface area contributed by atoms with E-state index in [2.05, 4.69) is 15.3 Å². The summed E-state index contributed by atoms with van der Waals surface area (Å²) in [6.45, 7) is 3.30. The van der Waals surface area contributed by atoms with E-state index in [1.165, 1.54) is 41.4 Å². The minimum Gasteiger partial charge on any atom is -0.323 e. The number of halogens is 1. The maximum Gasteiger partial charge on any atom is 0.248 e. The number of rotatable bonds is 6. The molecule has 0 aliphatic carbocycles. The van der Waals surface area contributed by atoms with Crippen LogP contribution in [0.1, 0.15) is 17.6 Å². The summed E-state index contributed by atoms with van der Waals surface area (Å²) < 4.78 is 14.2. The predicted octanol–water partition coefficient (Wildman–Crippen LogP) is 6.05. The van der Waals surface area contributed by atoms with Crippen LogP contribution in [0.2, 0.25) is 0 Å². The van der Waals surface area contributed by atoms with Crippen molar-refractivity contribution in [1.82, 2.24) is 9.97 Å². The number of thiazole rings is 2. The second-order valence-corrected chi connectivity index (χ2v) is 8.91. The molecule has 0 aliphatic heterocycles. The zero-order valence-corrected chi connectivity index (χ0v) is 19.4. The van der Waals surface area contributed by atoms with Gasteiger partial charge in [0, 0.05) is 35.0 Å². The van der Waals surface area contributed by atoms with E-state index in [9.17, 15) is 14.0 Å². The van der Waals surface area contributed by atoms with Crippen LogP contribution in [0.5, 0.6) is 0 Å². The topological polar surface area (TPSA) is 75.2 Å². The Morgan fingerprint density at radius 3 is 2.45 bits per heavy atom. The fourth-order valence-electron chi connectivity index (χ4n) is 3.06. The Bertz CT molecular complexity index is 1330. The number of carbonyl (C=O) groups is 2. The number of aryl methyl sites for hydroxylation is 1. The standard InChI is InChI=1S/C24H19FN4O2S2/c1-15-26-21(14-32-15)17-7-9-18(10-8-17)27-23(31)12-11-19-13-33-24(28-19)29(16(2)30)22-6-4-3-5-20(22)25/h3-14H,1-2H3,(H,27,31)/b12-11+. The Labute approximate surface area is 198 Å². The van der Waals surface area contributed by atoms with Crippen LogP contribution in [0.4, 0.5) is 20.9 Å². The van der Waals surface area contributed by atoms with E-state index in [0.29, 0.717) is 16.5 Å². The molecule has 0 aliphatic rings. The zero-order chi connectivity index (χ0) is 23.4. The van der Waals surface area contributed by atoms with Gasteiger partial charge >= 0.3 is 0 Å². The maximum atomic E-state index is 14.2. The van der Waals surface area contributed by atoms with Gasteiger partial charge in [-0.1, -0.05) is 24.3 Å². The third kappa shape index (κ3) is 5.39. The number of para-hydroxylation sites is 1. The molecule has 0 saturated carbocycles. The Hall–Kier alpha value is -3.69. The second kappa shape index (κ2) is 9.85. The summed E-state index contributed by atoms with van der Waals surface area (Å²) in [6, 6.07) is 13.4. The molecule has 0 atom stereocenters. The van der Waals surface area contributed by atoms with E-state index >= 15 is 0 Å². The van der Waals surface area contributed by atoms with Crippen molar-refractivity contribution in [2.45, 2.75) is 13.8 Å². The molecule has 0 fully saturated rings. The highest BCUT2D eigenvalue weighted by Gasteiger charge is 2.20. The number of nitrogens with one attached hydrogen (secondary N) is 1. The molecule has 0 unspecified atom stereocenters. The van der Waals surface area contributed by atoms with E-state index in [1.807, 2.05) is 36.6 Å². The Kier molecular flexibility index (Phi) is 6.71. The SMILES string of the molecule is CC(=O)N(c1nc(/C=C/C(=O)Nc2ccc(-c3csc(C)n3)cc2)cs1)c1ccccc1F. The molecule has 2 heterocycles. The third-order valence-corrected chi connectivity index (χ3v) is 6.20. The van der Waals surface area contributed by atoms with Gasteiger partial charge in [0.25, 0.3) is 0 Å². The van der Waals surface area contributed by atoms with E-state index in [0.717, 1.165) is 16.3 Å². The predicted molar refractivity (Wildman–Crippen MR) is 131 cm³/mol. The molecule has 6 nitrogen and oxygen atoms in total. The van der Waals surface area contributed by atoms with E-state index < -0.39 is 5.82 Å². The second-order valence-electron chi connectivity index (χ2n) is 7.01. The van der Waals surface area contributed by atoms with Crippen molar-refractivity contribution in [3.63, 3.8) is 0 Å². The number of hydrogen-bond donors (Lipinski definition) is 1. The highest BCUT2D eigenvalue weighted by atomic mass is 32.1. The Balaban J connectivity index is 1.43. The van der Waals surface area contributed by atoms with Crippen LogP contribution in [-0.4, -0.2) is 21.8 Å². The number of hydrogen-bond acceptors (Lipinski definition) is 6. The molecule has 0 bridgehead atoms. The van der Waals surface area contributed by atoms with Crippen molar-refractivity contribution in [2.24, 2.45) is 0 Å². The zero-order valence-electron chi connectivity index (χ0n) is 17.8. The molecule has 0 spiro atoms. The van der Waals surface area contributed by atoms with Gasteiger partial charge in [-0.15, -0.1) is 22.7 Å². The molecule has 0 saturated heterocycles. The third-order valence-electron chi connectivity index (χ3n) is 4.58. The lowest BCUT2D eigenvalue weighted by Gasteiger charge is -2.18. The van der Waals surface area contributed by atoms with Crippen LogP contribution in [0, 0.1) is 12.7 Å². The first-order valence-electron chi connectivity index (χ1n) is 9.93.